The van der Waals surface area contributed by atoms with Crippen molar-refractivity contribution in [2.24, 2.45) is 7.05 Å². The lowest BCUT2D eigenvalue weighted by Crippen LogP contribution is -2.19. The smallest absolute Gasteiger partial charge is 0.128 e. The second-order valence-corrected chi connectivity index (χ2v) is 4.08. The van der Waals surface area contributed by atoms with Crippen molar-refractivity contribution < 1.29 is 0 Å². The van der Waals surface area contributed by atoms with Crippen LogP contribution in [-0.4, -0.2) is 21.6 Å². The largest absolute Gasteiger partial charge is 0.352 e. The van der Waals surface area contributed by atoms with E-state index in [-0.39, 0.29) is 0 Å². The molecule has 0 aliphatic carbocycles. The van der Waals surface area contributed by atoms with E-state index >= 15 is 0 Å². The summed E-state index contributed by atoms with van der Waals surface area (Å²) in [5.41, 5.74) is 0. The van der Waals surface area contributed by atoms with Crippen molar-refractivity contribution in [1.29, 1.82) is 0 Å². The molecule has 2 rings (SSSR count). The predicted octanol–water partition coefficient (Wildman–Crippen LogP) is 2.10. The van der Waals surface area contributed by atoms with Crippen molar-refractivity contribution in [2.45, 2.75) is 6.54 Å². The number of hydrogen-bond acceptors (Lipinski definition) is 3. The number of rotatable bonds is 3. The molecule has 0 radical (unpaired) electrons. The number of pyridine rings is 1. The van der Waals surface area contributed by atoms with Crippen molar-refractivity contribution >= 4 is 17.4 Å². The zero-order chi connectivity index (χ0) is 11.5. The Bertz CT molecular complexity index is 463. The molecule has 0 N–H and O–H groups in total. The summed E-state index contributed by atoms with van der Waals surface area (Å²) in [6.07, 6.45) is 5.36. The van der Waals surface area contributed by atoms with E-state index in [1.165, 1.54) is 0 Å². The van der Waals surface area contributed by atoms with Crippen LogP contribution < -0.4 is 4.90 Å². The zero-order valence-electron chi connectivity index (χ0n) is 9.26. The Morgan fingerprint density at radius 3 is 2.75 bits per heavy atom. The average Bonchev–Trinajstić information content (AvgIpc) is 2.65. The molecule has 0 unspecified atom stereocenters. The molecule has 0 spiro atoms. The van der Waals surface area contributed by atoms with Crippen molar-refractivity contribution in [3.05, 3.63) is 41.6 Å². The first-order valence-electron chi connectivity index (χ1n) is 4.95. The molecule has 2 heterocycles. The van der Waals surface area contributed by atoms with Crippen molar-refractivity contribution in [2.75, 3.05) is 11.9 Å². The van der Waals surface area contributed by atoms with E-state index in [4.69, 9.17) is 11.6 Å². The number of aryl methyl sites for hydroxylation is 1. The molecule has 0 saturated carbocycles. The lowest BCUT2D eigenvalue weighted by atomic mass is 10.4. The van der Waals surface area contributed by atoms with Crippen LogP contribution in [0, 0.1) is 0 Å². The summed E-state index contributed by atoms with van der Waals surface area (Å²) in [6, 6.07) is 3.73. The van der Waals surface area contributed by atoms with E-state index < -0.39 is 0 Å². The molecule has 0 fully saturated rings. The third kappa shape index (κ3) is 2.33. The maximum atomic E-state index is 5.79. The van der Waals surface area contributed by atoms with Crippen molar-refractivity contribution in [3.8, 4) is 0 Å². The van der Waals surface area contributed by atoms with Crippen molar-refractivity contribution in [1.82, 2.24) is 14.5 Å². The predicted molar refractivity (Wildman–Crippen MR) is 64.6 cm³/mol. The van der Waals surface area contributed by atoms with E-state index in [1.54, 1.807) is 12.4 Å². The fourth-order valence-corrected chi connectivity index (χ4v) is 1.55. The third-order valence-electron chi connectivity index (χ3n) is 2.40. The number of aromatic nitrogens is 3. The molecule has 5 heteroatoms. The van der Waals surface area contributed by atoms with E-state index in [0.29, 0.717) is 5.02 Å². The Hall–Kier alpha value is -1.55. The molecule has 0 bridgehead atoms. The van der Waals surface area contributed by atoms with Gasteiger partial charge in [-0.3, -0.25) is 0 Å². The number of nitrogens with zero attached hydrogens (tertiary/aromatic N) is 4. The molecule has 2 aromatic heterocycles. The van der Waals surface area contributed by atoms with Gasteiger partial charge in [-0.1, -0.05) is 11.6 Å². The van der Waals surface area contributed by atoms with Gasteiger partial charge in [0.2, 0.25) is 0 Å². The van der Waals surface area contributed by atoms with Gasteiger partial charge >= 0.3 is 0 Å². The number of imidazole rings is 1. The van der Waals surface area contributed by atoms with Crippen LogP contribution in [0.25, 0.3) is 0 Å². The summed E-state index contributed by atoms with van der Waals surface area (Å²) in [5.74, 6) is 1.88. The lowest BCUT2D eigenvalue weighted by molar-refractivity contribution is 0.755. The van der Waals surface area contributed by atoms with Gasteiger partial charge in [0.05, 0.1) is 11.6 Å². The molecule has 4 nitrogen and oxygen atoms in total. The molecule has 0 amide bonds. The monoisotopic (exact) mass is 236 g/mol. The Morgan fingerprint density at radius 2 is 2.19 bits per heavy atom. The summed E-state index contributed by atoms with van der Waals surface area (Å²) in [6.45, 7) is 0.720. The van der Waals surface area contributed by atoms with Gasteiger partial charge in [-0.25, -0.2) is 9.97 Å². The maximum Gasteiger partial charge on any atom is 0.128 e. The van der Waals surface area contributed by atoms with Crippen LogP contribution in [-0.2, 0) is 13.6 Å². The van der Waals surface area contributed by atoms with Crippen LogP contribution in [0.4, 0.5) is 5.82 Å². The molecule has 0 saturated heterocycles. The van der Waals surface area contributed by atoms with Gasteiger partial charge in [0.15, 0.2) is 0 Å². The number of hydrogen-bond donors (Lipinski definition) is 0. The van der Waals surface area contributed by atoms with Gasteiger partial charge in [-0.05, 0) is 12.1 Å². The Labute approximate surface area is 99.5 Å². The van der Waals surface area contributed by atoms with Crippen LogP contribution in [0.2, 0.25) is 5.02 Å². The fourth-order valence-electron chi connectivity index (χ4n) is 1.44. The molecule has 16 heavy (non-hydrogen) atoms. The molecular formula is C11H13ClN4. The van der Waals surface area contributed by atoms with Gasteiger partial charge in [0.1, 0.15) is 11.6 Å². The van der Waals surface area contributed by atoms with Crippen LogP contribution in [0.1, 0.15) is 5.82 Å². The van der Waals surface area contributed by atoms with Gasteiger partial charge in [-0.15, -0.1) is 0 Å². The summed E-state index contributed by atoms with van der Waals surface area (Å²) in [7, 11) is 3.95. The quantitative estimate of drug-likeness (QED) is 0.819. The van der Waals surface area contributed by atoms with Gasteiger partial charge in [0.25, 0.3) is 0 Å². The normalized spacial score (nSPS) is 10.4. The third-order valence-corrected chi connectivity index (χ3v) is 2.63. The first kappa shape index (κ1) is 11.0. The van der Waals surface area contributed by atoms with Crippen LogP contribution in [0.15, 0.2) is 30.7 Å². The Morgan fingerprint density at radius 1 is 1.38 bits per heavy atom. The van der Waals surface area contributed by atoms with E-state index in [9.17, 15) is 0 Å². The van der Waals surface area contributed by atoms with Crippen LogP contribution in [0.3, 0.4) is 0 Å². The highest BCUT2D eigenvalue weighted by molar-refractivity contribution is 6.30. The standard InChI is InChI=1S/C11H13ClN4/c1-15-6-5-13-11(15)8-16(2)10-4-3-9(12)7-14-10/h3-7H,8H2,1-2H3. The summed E-state index contributed by atoms with van der Waals surface area (Å²) < 4.78 is 1.99. The first-order valence-corrected chi connectivity index (χ1v) is 5.33. The SMILES string of the molecule is CN(Cc1nccn1C)c1ccc(Cl)cn1. The van der Waals surface area contributed by atoms with E-state index in [2.05, 4.69) is 9.97 Å². The number of anilines is 1. The minimum atomic E-state index is 0.647. The first-order chi connectivity index (χ1) is 7.66. The molecular weight excluding hydrogens is 224 g/mol. The highest BCUT2D eigenvalue weighted by Gasteiger charge is 2.06. The van der Waals surface area contributed by atoms with E-state index in [1.807, 2.05) is 41.9 Å². The molecule has 0 aliphatic heterocycles. The van der Waals surface area contributed by atoms with E-state index in [0.717, 1.165) is 18.2 Å². The Balaban J connectivity index is 2.11. The molecule has 0 aromatic carbocycles. The molecule has 0 aliphatic rings. The highest BCUT2D eigenvalue weighted by atomic mass is 35.5. The minimum Gasteiger partial charge on any atom is -0.352 e. The summed E-state index contributed by atoms with van der Waals surface area (Å²) in [5, 5.41) is 0.647. The summed E-state index contributed by atoms with van der Waals surface area (Å²) in [4.78, 5) is 10.5. The number of halogens is 1. The van der Waals surface area contributed by atoms with Gasteiger partial charge in [-0.2, -0.15) is 0 Å². The maximum absolute atomic E-state index is 5.79. The zero-order valence-corrected chi connectivity index (χ0v) is 10.0. The molecule has 2 aromatic rings. The topological polar surface area (TPSA) is 34.0 Å². The molecule has 0 atom stereocenters. The second kappa shape index (κ2) is 4.53. The van der Waals surface area contributed by atoms with Gasteiger partial charge < -0.3 is 9.47 Å². The summed E-state index contributed by atoms with van der Waals surface area (Å²) >= 11 is 5.79. The van der Waals surface area contributed by atoms with Gasteiger partial charge in [0, 0.05) is 32.7 Å². The van der Waals surface area contributed by atoms with Crippen LogP contribution in [0.5, 0.6) is 0 Å². The minimum absolute atomic E-state index is 0.647. The molecule has 84 valence electrons. The average molecular weight is 237 g/mol. The fraction of sp³-hybridized carbons (Fsp3) is 0.273. The second-order valence-electron chi connectivity index (χ2n) is 3.65. The lowest BCUT2D eigenvalue weighted by Gasteiger charge is -2.17. The highest BCUT2D eigenvalue weighted by Crippen LogP contribution is 2.14. The Kier molecular flexibility index (Phi) is 3.10. The van der Waals surface area contributed by atoms with Crippen molar-refractivity contribution in [3.63, 3.8) is 0 Å². The van der Waals surface area contributed by atoms with Crippen LogP contribution >= 0.6 is 11.6 Å².